The third kappa shape index (κ3) is 2.82. The van der Waals surface area contributed by atoms with Gasteiger partial charge < -0.3 is 5.32 Å². The first-order chi connectivity index (χ1) is 9.41. The molecule has 1 aromatic rings. The maximum Gasteiger partial charge on any atom is 0.244 e. The van der Waals surface area contributed by atoms with Gasteiger partial charge in [0.25, 0.3) is 0 Å². The minimum atomic E-state index is -3.51. The summed E-state index contributed by atoms with van der Waals surface area (Å²) in [6, 6.07) is 4.74. The van der Waals surface area contributed by atoms with Gasteiger partial charge in [0.1, 0.15) is 16.7 Å². The zero-order valence-electron chi connectivity index (χ0n) is 11.6. The molecule has 0 saturated carbocycles. The highest BCUT2D eigenvalue weighted by Crippen LogP contribution is 2.25. The first-order valence-electron chi connectivity index (χ1n) is 6.46. The molecule has 1 aliphatic heterocycles. The summed E-state index contributed by atoms with van der Waals surface area (Å²) < 4.78 is 26.4. The van der Waals surface area contributed by atoms with Crippen molar-refractivity contribution in [2.75, 3.05) is 20.1 Å². The van der Waals surface area contributed by atoms with E-state index in [1.165, 1.54) is 22.6 Å². The molecular weight excluding hydrogens is 276 g/mol. The third-order valence-electron chi connectivity index (χ3n) is 3.92. The van der Waals surface area contributed by atoms with E-state index < -0.39 is 10.0 Å². The summed E-state index contributed by atoms with van der Waals surface area (Å²) in [5, 5.41) is 11.9. The highest BCUT2D eigenvalue weighted by molar-refractivity contribution is 7.89. The van der Waals surface area contributed by atoms with Crippen LogP contribution in [0.5, 0.6) is 0 Å². The largest absolute Gasteiger partial charge is 0.314 e. The first-order valence-corrected chi connectivity index (χ1v) is 7.90. The van der Waals surface area contributed by atoms with Crippen molar-refractivity contribution in [3.63, 3.8) is 0 Å². The highest BCUT2D eigenvalue weighted by atomic mass is 32.2. The van der Waals surface area contributed by atoms with Gasteiger partial charge in [0, 0.05) is 24.8 Å². The second kappa shape index (κ2) is 5.48. The van der Waals surface area contributed by atoms with Crippen molar-refractivity contribution < 1.29 is 8.42 Å². The molecule has 0 atom stereocenters. The molecule has 6 nitrogen and oxygen atoms in total. The fourth-order valence-electron chi connectivity index (χ4n) is 2.22. The van der Waals surface area contributed by atoms with Crippen LogP contribution in [0, 0.1) is 11.3 Å². The first kappa shape index (κ1) is 14.9. The molecule has 0 aliphatic carbocycles. The van der Waals surface area contributed by atoms with Gasteiger partial charge in [0.05, 0.1) is 0 Å². The van der Waals surface area contributed by atoms with Gasteiger partial charge in [0.2, 0.25) is 10.0 Å². The second-order valence-electron chi connectivity index (χ2n) is 5.21. The van der Waals surface area contributed by atoms with E-state index in [2.05, 4.69) is 17.2 Å². The summed E-state index contributed by atoms with van der Waals surface area (Å²) >= 11 is 0. The van der Waals surface area contributed by atoms with Gasteiger partial charge in [-0.3, -0.25) is 0 Å². The van der Waals surface area contributed by atoms with E-state index in [9.17, 15) is 8.42 Å². The Kier molecular flexibility index (Phi) is 4.09. The molecule has 20 heavy (non-hydrogen) atoms. The average Bonchev–Trinajstić information content (AvgIpc) is 2.48. The molecule has 1 aromatic heterocycles. The van der Waals surface area contributed by atoms with Crippen LogP contribution >= 0.6 is 0 Å². The summed E-state index contributed by atoms with van der Waals surface area (Å²) in [6.07, 6.45) is 2.79. The Bertz CT molecular complexity index is 611. The molecular formula is C13H18N4O2S. The maximum absolute atomic E-state index is 12.5. The fraction of sp³-hybridized carbons (Fsp3) is 0.538. The van der Waals surface area contributed by atoms with Gasteiger partial charge in [-0.05, 0) is 38.9 Å². The molecule has 2 rings (SSSR count). The molecule has 1 aliphatic rings. The lowest BCUT2D eigenvalue weighted by molar-refractivity contribution is 0.219. The number of rotatable bonds is 3. The standard InChI is InChI=1S/C13H18N4O2S/c1-13(15-2)5-7-17(8-6-13)20(18,19)12-4-3-11(9-14)16-10-12/h3-4,10,15H,5-8H2,1-2H3. The molecule has 0 spiro atoms. The van der Waals surface area contributed by atoms with E-state index in [0.717, 1.165) is 12.8 Å². The number of nitriles is 1. The van der Waals surface area contributed by atoms with Gasteiger partial charge >= 0.3 is 0 Å². The molecule has 1 fully saturated rings. The van der Waals surface area contributed by atoms with Crippen LogP contribution < -0.4 is 5.32 Å². The van der Waals surface area contributed by atoms with Gasteiger partial charge in [0.15, 0.2) is 0 Å². The fourth-order valence-corrected chi connectivity index (χ4v) is 3.61. The van der Waals surface area contributed by atoms with Crippen LogP contribution in [0.25, 0.3) is 0 Å². The third-order valence-corrected chi connectivity index (χ3v) is 5.80. The van der Waals surface area contributed by atoms with Gasteiger partial charge in [-0.25, -0.2) is 13.4 Å². The van der Waals surface area contributed by atoms with E-state index >= 15 is 0 Å². The quantitative estimate of drug-likeness (QED) is 0.887. The molecule has 0 amide bonds. The van der Waals surface area contributed by atoms with E-state index in [0.29, 0.717) is 13.1 Å². The summed E-state index contributed by atoms with van der Waals surface area (Å²) in [6.45, 7) is 3.07. The maximum atomic E-state index is 12.5. The molecule has 0 bridgehead atoms. The van der Waals surface area contributed by atoms with Crippen molar-refractivity contribution in [1.82, 2.24) is 14.6 Å². The Morgan fingerprint density at radius 2 is 2.05 bits per heavy atom. The molecule has 1 saturated heterocycles. The lowest BCUT2D eigenvalue weighted by Gasteiger charge is -2.38. The smallest absolute Gasteiger partial charge is 0.244 e. The SMILES string of the molecule is CNC1(C)CCN(S(=O)(=O)c2ccc(C#N)nc2)CC1. The number of sulfonamides is 1. The summed E-state index contributed by atoms with van der Waals surface area (Å²) in [4.78, 5) is 3.97. The number of aromatic nitrogens is 1. The normalized spacial score (nSPS) is 19.4. The number of pyridine rings is 1. The van der Waals surface area contributed by atoms with Crippen LogP contribution in [-0.2, 0) is 10.0 Å². The molecule has 0 radical (unpaired) electrons. The number of nitrogens with one attached hydrogen (secondary N) is 1. The summed E-state index contributed by atoms with van der Waals surface area (Å²) in [7, 11) is -1.61. The molecule has 2 heterocycles. The van der Waals surface area contributed by atoms with Crippen LogP contribution in [0.2, 0.25) is 0 Å². The van der Waals surface area contributed by atoms with Crippen molar-refractivity contribution in [3.8, 4) is 6.07 Å². The lowest BCUT2D eigenvalue weighted by Crippen LogP contribution is -2.51. The highest BCUT2D eigenvalue weighted by Gasteiger charge is 2.34. The monoisotopic (exact) mass is 294 g/mol. The zero-order valence-corrected chi connectivity index (χ0v) is 12.4. The Hall–Kier alpha value is -1.49. The lowest BCUT2D eigenvalue weighted by atomic mass is 9.91. The Labute approximate surface area is 119 Å². The number of hydrogen-bond acceptors (Lipinski definition) is 5. The summed E-state index contributed by atoms with van der Waals surface area (Å²) in [5.41, 5.74) is 0.208. The molecule has 1 N–H and O–H groups in total. The number of nitrogens with zero attached hydrogens (tertiary/aromatic N) is 3. The molecule has 0 unspecified atom stereocenters. The van der Waals surface area contributed by atoms with Crippen molar-refractivity contribution >= 4 is 10.0 Å². The Morgan fingerprint density at radius 3 is 2.50 bits per heavy atom. The molecule has 0 aromatic carbocycles. The van der Waals surface area contributed by atoms with Gasteiger partial charge in [-0.15, -0.1) is 0 Å². The number of hydrogen-bond donors (Lipinski definition) is 1. The Morgan fingerprint density at radius 1 is 1.40 bits per heavy atom. The zero-order chi connectivity index (χ0) is 14.8. The van der Waals surface area contributed by atoms with Crippen LogP contribution in [-0.4, -0.2) is 43.4 Å². The predicted octanol–water partition coefficient (Wildman–Crippen LogP) is 0.716. The number of piperidine rings is 1. The summed E-state index contributed by atoms with van der Waals surface area (Å²) in [5.74, 6) is 0. The van der Waals surface area contributed by atoms with Crippen molar-refractivity contribution in [1.29, 1.82) is 5.26 Å². The molecule has 108 valence electrons. The van der Waals surface area contributed by atoms with E-state index in [1.54, 1.807) is 0 Å². The Balaban J connectivity index is 2.17. The van der Waals surface area contributed by atoms with E-state index in [4.69, 9.17) is 5.26 Å². The van der Waals surface area contributed by atoms with E-state index in [-0.39, 0.29) is 16.1 Å². The van der Waals surface area contributed by atoms with Crippen molar-refractivity contribution in [2.24, 2.45) is 0 Å². The van der Waals surface area contributed by atoms with Crippen LogP contribution in [0.3, 0.4) is 0 Å². The van der Waals surface area contributed by atoms with Crippen LogP contribution in [0.1, 0.15) is 25.5 Å². The van der Waals surface area contributed by atoms with Gasteiger partial charge in [-0.1, -0.05) is 0 Å². The second-order valence-corrected chi connectivity index (χ2v) is 7.14. The van der Waals surface area contributed by atoms with Crippen LogP contribution in [0.15, 0.2) is 23.2 Å². The van der Waals surface area contributed by atoms with Crippen molar-refractivity contribution in [3.05, 3.63) is 24.0 Å². The van der Waals surface area contributed by atoms with Crippen LogP contribution in [0.4, 0.5) is 0 Å². The predicted molar refractivity (Wildman–Crippen MR) is 74.4 cm³/mol. The minimum absolute atomic E-state index is 0.00502. The van der Waals surface area contributed by atoms with E-state index in [1.807, 2.05) is 13.1 Å². The topological polar surface area (TPSA) is 86.1 Å². The minimum Gasteiger partial charge on any atom is -0.314 e. The van der Waals surface area contributed by atoms with Gasteiger partial charge in [-0.2, -0.15) is 9.57 Å². The molecule has 7 heteroatoms. The average molecular weight is 294 g/mol. The van der Waals surface area contributed by atoms with Crippen molar-refractivity contribution in [2.45, 2.75) is 30.2 Å².